The third-order valence-corrected chi connectivity index (χ3v) is 2.93. The smallest absolute Gasteiger partial charge is 0.252 e. The van der Waals surface area contributed by atoms with E-state index in [0.29, 0.717) is 16.7 Å². The first-order valence-electron chi connectivity index (χ1n) is 5.60. The van der Waals surface area contributed by atoms with Crippen LogP contribution in [0, 0.1) is 0 Å². The standard InChI is InChI=1S/C12H13N5O2S/c1-20-12-15-9(17-14)6-10(16-12)19-8-5-3-2-4-7(8)11(13)18/h2-6H,14H2,1H3,(H2,13,18)(H,15,16,17). The van der Waals surface area contributed by atoms with Gasteiger partial charge in [0.25, 0.3) is 5.91 Å². The third kappa shape index (κ3) is 3.16. The monoisotopic (exact) mass is 291 g/mol. The van der Waals surface area contributed by atoms with Gasteiger partial charge in [-0.25, -0.2) is 10.8 Å². The summed E-state index contributed by atoms with van der Waals surface area (Å²) in [5.41, 5.74) is 8.00. The van der Waals surface area contributed by atoms with Gasteiger partial charge in [-0.05, 0) is 18.4 Å². The highest BCUT2D eigenvalue weighted by atomic mass is 32.2. The second kappa shape index (κ2) is 6.22. The predicted molar refractivity (Wildman–Crippen MR) is 76.7 cm³/mol. The van der Waals surface area contributed by atoms with Gasteiger partial charge in [-0.15, -0.1) is 0 Å². The number of anilines is 1. The van der Waals surface area contributed by atoms with E-state index in [2.05, 4.69) is 15.4 Å². The topological polar surface area (TPSA) is 116 Å². The van der Waals surface area contributed by atoms with Crippen molar-refractivity contribution in [3.63, 3.8) is 0 Å². The fraction of sp³-hybridized carbons (Fsp3) is 0.0833. The molecule has 0 fully saturated rings. The molecule has 1 heterocycles. The minimum atomic E-state index is -0.572. The molecule has 1 amide bonds. The Morgan fingerprint density at radius 2 is 2.10 bits per heavy atom. The number of thioether (sulfide) groups is 1. The number of rotatable bonds is 5. The number of nitrogens with one attached hydrogen (secondary N) is 1. The number of hydrogen-bond acceptors (Lipinski definition) is 7. The van der Waals surface area contributed by atoms with Gasteiger partial charge in [0.1, 0.15) is 11.6 Å². The molecule has 2 rings (SSSR count). The number of amides is 1. The maximum Gasteiger partial charge on any atom is 0.252 e. The van der Waals surface area contributed by atoms with E-state index in [1.807, 2.05) is 6.26 Å². The van der Waals surface area contributed by atoms with Gasteiger partial charge in [-0.2, -0.15) is 4.98 Å². The van der Waals surface area contributed by atoms with Crippen molar-refractivity contribution in [2.24, 2.45) is 11.6 Å². The molecule has 0 atom stereocenters. The number of hydrogen-bond donors (Lipinski definition) is 3. The molecule has 0 aliphatic carbocycles. The number of para-hydroxylation sites is 1. The van der Waals surface area contributed by atoms with Crippen molar-refractivity contribution < 1.29 is 9.53 Å². The van der Waals surface area contributed by atoms with E-state index in [0.717, 1.165) is 0 Å². The Balaban J connectivity index is 2.37. The van der Waals surface area contributed by atoms with E-state index in [1.54, 1.807) is 24.3 Å². The normalized spacial score (nSPS) is 10.1. The maximum absolute atomic E-state index is 11.3. The van der Waals surface area contributed by atoms with Gasteiger partial charge in [0.15, 0.2) is 5.16 Å². The van der Waals surface area contributed by atoms with Crippen LogP contribution in [0.4, 0.5) is 5.82 Å². The Labute approximate surface area is 119 Å². The Hall–Kier alpha value is -2.32. The first kappa shape index (κ1) is 14.1. The Morgan fingerprint density at radius 3 is 2.75 bits per heavy atom. The Morgan fingerprint density at radius 1 is 1.35 bits per heavy atom. The number of carbonyl (C=O) groups excluding carboxylic acids is 1. The first-order valence-corrected chi connectivity index (χ1v) is 6.83. The summed E-state index contributed by atoms with van der Waals surface area (Å²) in [6.45, 7) is 0. The van der Waals surface area contributed by atoms with Crippen molar-refractivity contribution in [1.82, 2.24) is 9.97 Å². The number of carbonyl (C=O) groups is 1. The van der Waals surface area contributed by atoms with Crippen LogP contribution in [0.5, 0.6) is 11.6 Å². The summed E-state index contributed by atoms with van der Waals surface area (Å²) >= 11 is 1.34. The molecule has 0 aliphatic heterocycles. The summed E-state index contributed by atoms with van der Waals surface area (Å²) in [6, 6.07) is 8.18. The molecular formula is C12H13N5O2S. The van der Waals surface area contributed by atoms with Gasteiger partial charge in [-0.3, -0.25) is 4.79 Å². The molecule has 20 heavy (non-hydrogen) atoms. The number of nitrogens with zero attached hydrogens (tertiary/aromatic N) is 2. The fourth-order valence-corrected chi connectivity index (χ4v) is 1.86. The number of primary amides is 1. The number of ether oxygens (including phenoxy) is 1. The minimum absolute atomic E-state index is 0.269. The molecule has 2 aromatic rings. The second-order valence-corrected chi connectivity index (χ2v) is 4.46. The summed E-state index contributed by atoms with van der Waals surface area (Å²) in [6.07, 6.45) is 1.83. The van der Waals surface area contributed by atoms with Gasteiger partial charge >= 0.3 is 0 Å². The summed E-state index contributed by atoms with van der Waals surface area (Å²) in [5, 5.41) is 0.493. The molecule has 0 saturated heterocycles. The van der Waals surface area contributed by atoms with Crippen molar-refractivity contribution in [2.45, 2.75) is 5.16 Å². The van der Waals surface area contributed by atoms with Crippen molar-refractivity contribution in [3.05, 3.63) is 35.9 Å². The zero-order valence-corrected chi connectivity index (χ0v) is 11.5. The number of nitrogen functional groups attached to an aromatic ring is 1. The molecule has 1 aromatic carbocycles. The van der Waals surface area contributed by atoms with E-state index >= 15 is 0 Å². The van der Waals surface area contributed by atoms with Crippen molar-refractivity contribution in [2.75, 3.05) is 11.7 Å². The minimum Gasteiger partial charge on any atom is -0.438 e. The molecule has 8 heteroatoms. The average Bonchev–Trinajstić information content (AvgIpc) is 2.47. The SMILES string of the molecule is CSc1nc(NN)cc(Oc2ccccc2C(N)=O)n1. The van der Waals surface area contributed by atoms with Crippen LogP contribution >= 0.6 is 11.8 Å². The van der Waals surface area contributed by atoms with Crippen LogP contribution in [-0.4, -0.2) is 22.1 Å². The number of nitrogens with two attached hydrogens (primary N) is 2. The number of aromatic nitrogens is 2. The molecule has 0 spiro atoms. The Kier molecular flexibility index (Phi) is 4.38. The van der Waals surface area contributed by atoms with Gasteiger partial charge in [0.05, 0.1) is 5.56 Å². The average molecular weight is 291 g/mol. The van der Waals surface area contributed by atoms with Crippen molar-refractivity contribution in [1.29, 1.82) is 0 Å². The van der Waals surface area contributed by atoms with E-state index in [-0.39, 0.29) is 11.4 Å². The molecule has 0 saturated carbocycles. The lowest BCUT2D eigenvalue weighted by atomic mass is 10.2. The molecular weight excluding hydrogens is 278 g/mol. The predicted octanol–water partition coefficient (Wildman–Crippen LogP) is 1.38. The molecule has 0 bridgehead atoms. The highest BCUT2D eigenvalue weighted by Crippen LogP contribution is 2.26. The van der Waals surface area contributed by atoms with Crippen LogP contribution in [0.3, 0.4) is 0 Å². The second-order valence-electron chi connectivity index (χ2n) is 3.68. The third-order valence-electron chi connectivity index (χ3n) is 2.38. The molecule has 5 N–H and O–H groups in total. The van der Waals surface area contributed by atoms with E-state index in [4.69, 9.17) is 16.3 Å². The fourth-order valence-electron chi connectivity index (χ4n) is 1.49. The lowest BCUT2D eigenvalue weighted by Gasteiger charge is -2.10. The lowest BCUT2D eigenvalue weighted by Crippen LogP contribution is -2.12. The van der Waals surface area contributed by atoms with Gasteiger partial charge in [0.2, 0.25) is 5.88 Å². The number of benzene rings is 1. The van der Waals surface area contributed by atoms with E-state index in [1.165, 1.54) is 17.8 Å². The molecule has 0 aliphatic rings. The summed E-state index contributed by atoms with van der Waals surface area (Å²) < 4.78 is 5.59. The summed E-state index contributed by atoms with van der Waals surface area (Å²) in [5.74, 6) is 5.77. The molecule has 104 valence electrons. The van der Waals surface area contributed by atoms with Crippen LogP contribution < -0.4 is 21.7 Å². The summed E-state index contributed by atoms with van der Waals surface area (Å²) in [4.78, 5) is 19.6. The summed E-state index contributed by atoms with van der Waals surface area (Å²) in [7, 11) is 0. The van der Waals surface area contributed by atoms with Crippen molar-refractivity contribution >= 4 is 23.5 Å². The number of hydrazine groups is 1. The highest BCUT2D eigenvalue weighted by molar-refractivity contribution is 7.98. The molecule has 7 nitrogen and oxygen atoms in total. The molecule has 0 unspecified atom stereocenters. The van der Waals surface area contributed by atoms with E-state index in [9.17, 15) is 4.79 Å². The zero-order valence-electron chi connectivity index (χ0n) is 10.7. The van der Waals surface area contributed by atoms with Crippen LogP contribution in [-0.2, 0) is 0 Å². The molecule has 1 aromatic heterocycles. The first-order chi connectivity index (χ1) is 9.63. The highest BCUT2D eigenvalue weighted by Gasteiger charge is 2.11. The van der Waals surface area contributed by atoms with Crippen LogP contribution in [0.15, 0.2) is 35.5 Å². The maximum atomic E-state index is 11.3. The Bertz CT molecular complexity index is 613. The van der Waals surface area contributed by atoms with Gasteiger partial charge < -0.3 is 15.9 Å². The van der Waals surface area contributed by atoms with Crippen LogP contribution in [0.25, 0.3) is 0 Å². The van der Waals surface area contributed by atoms with Crippen LogP contribution in [0.1, 0.15) is 10.4 Å². The van der Waals surface area contributed by atoms with Gasteiger partial charge in [0, 0.05) is 6.07 Å². The van der Waals surface area contributed by atoms with Gasteiger partial charge in [-0.1, -0.05) is 23.9 Å². The van der Waals surface area contributed by atoms with Crippen molar-refractivity contribution in [3.8, 4) is 11.6 Å². The van der Waals surface area contributed by atoms with E-state index < -0.39 is 5.91 Å². The van der Waals surface area contributed by atoms with Crippen LogP contribution in [0.2, 0.25) is 0 Å². The molecule has 0 radical (unpaired) electrons. The lowest BCUT2D eigenvalue weighted by molar-refractivity contribution is 0.0998. The zero-order chi connectivity index (χ0) is 14.5. The largest absolute Gasteiger partial charge is 0.438 e. The quantitative estimate of drug-likeness (QED) is 0.330.